The third-order valence-corrected chi connectivity index (χ3v) is 3.06. The molecule has 2 N–H and O–H groups in total. The molecule has 2 aromatic rings. The number of nitrogens with zero attached hydrogens (tertiary/aromatic N) is 1. The van der Waals surface area contributed by atoms with E-state index in [0.717, 1.165) is 17.0 Å². The molecule has 19 heavy (non-hydrogen) atoms. The Morgan fingerprint density at radius 3 is 2.58 bits per heavy atom. The summed E-state index contributed by atoms with van der Waals surface area (Å²) < 4.78 is 5.77. The van der Waals surface area contributed by atoms with Gasteiger partial charge in [0.05, 0.1) is 5.69 Å². The zero-order valence-corrected chi connectivity index (χ0v) is 11.4. The molecule has 2 rings (SSSR count). The molecule has 0 bridgehead atoms. The molecule has 3 heteroatoms. The van der Waals surface area contributed by atoms with Crippen molar-refractivity contribution >= 4 is 0 Å². The number of hydrogen-bond acceptors (Lipinski definition) is 3. The average molecular weight is 256 g/mol. The average Bonchev–Trinajstić information content (AvgIpc) is 2.45. The molecular formula is C16H20N2O. The summed E-state index contributed by atoms with van der Waals surface area (Å²) in [7, 11) is 0. The Balaban J connectivity index is 2.03. The van der Waals surface area contributed by atoms with E-state index in [2.05, 4.69) is 18.8 Å². The fourth-order valence-electron chi connectivity index (χ4n) is 1.78. The lowest BCUT2D eigenvalue weighted by atomic mass is 10.0. The minimum atomic E-state index is -0.0553. The van der Waals surface area contributed by atoms with E-state index in [1.54, 1.807) is 6.20 Å². The van der Waals surface area contributed by atoms with E-state index in [1.807, 2.05) is 42.5 Å². The van der Waals surface area contributed by atoms with E-state index in [1.165, 1.54) is 0 Å². The quantitative estimate of drug-likeness (QED) is 0.892. The van der Waals surface area contributed by atoms with Crippen LogP contribution in [0.25, 0.3) is 0 Å². The van der Waals surface area contributed by atoms with Crippen molar-refractivity contribution in [2.24, 2.45) is 11.7 Å². The number of pyridine rings is 1. The van der Waals surface area contributed by atoms with Gasteiger partial charge in [0, 0.05) is 18.3 Å². The normalized spacial score (nSPS) is 12.4. The van der Waals surface area contributed by atoms with Crippen molar-refractivity contribution in [1.29, 1.82) is 0 Å². The Labute approximate surface area is 114 Å². The predicted molar refractivity (Wildman–Crippen MR) is 76.8 cm³/mol. The molecule has 0 amide bonds. The molecule has 0 fully saturated rings. The highest BCUT2D eigenvalue weighted by Gasteiger charge is 2.12. The van der Waals surface area contributed by atoms with E-state index in [-0.39, 0.29) is 6.04 Å². The van der Waals surface area contributed by atoms with E-state index < -0.39 is 0 Å². The number of hydrogen-bond donors (Lipinski definition) is 1. The van der Waals surface area contributed by atoms with Gasteiger partial charge in [-0.2, -0.15) is 0 Å². The van der Waals surface area contributed by atoms with Crippen molar-refractivity contribution in [2.45, 2.75) is 26.5 Å². The molecule has 0 aliphatic carbocycles. The van der Waals surface area contributed by atoms with Gasteiger partial charge in [-0.05, 0) is 17.5 Å². The molecule has 100 valence electrons. The number of aromatic nitrogens is 1. The standard InChI is InChI=1S/C16H20N2O/c1-12(2)16(17)15-10-14(8-9-18-15)19-11-13-6-4-3-5-7-13/h3-10,12,16H,11,17H2,1-2H3/t16-/m0/s1. The highest BCUT2D eigenvalue weighted by atomic mass is 16.5. The molecule has 3 nitrogen and oxygen atoms in total. The lowest BCUT2D eigenvalue weighted by Gasteiger charge is -2.15. The highest BCUT2D eigenvalue weighted by Crippen LogP contribution is 2.21. The molecule has 0 saturated heterocycles. The third kappa shape index (κ3) is 3.80. The SMILES string of the molecule is CC(C)[C@H](N)c1cc(OCc2ccccc2)ccn1. The molecule has 0 radical (unpaired) electrons. The van der Waals surface area contributed by atoms with Crippen LogP contribution in [-0.2, 0) is 6.61 Å². The third-order valence-electron chi connectivity index (χ3n) is 3.06. The Morgan fingerprint density at radius 2 is 1.89 bits per heavy atom. The van der Waals surface area contributed by atoms with E-state index in [4.69, 9.17) is 10.5 Å². The van der Waals surface area contributed by atoms with Crippen LogP contribution in [0.15, 0.2) is 48.7 Å². The van der Waals surface area contributed by atoms with Crippen molar-refractivity contribution in [3.05, 3.63) is 59.9 Å². The summed E-state index contributed by atoms with van der Waals surface area (Å²) in [6, 6.07) is 13.8. The maximum atomic E-state index is 6.10. The number of benzene rings is 1. The lowest BCUT2D eigenvalue weighted by molar-refractivity contribution is 0.305. The molecule has 0 saturated carbocycles. The van der Waals surface area contributed by atoms with Gasteiger partial charge < -0.3 is 10.5 Å². The topological polar surface area (TPSA) is 48.1 Å². The molecule has 1 heterocycles. The largest absolute Gasteiger partial charge is 0.489 e. The maximum absolute atomic E-state index is 6.10. The van der Waals surface area contributed by atoms with Gasteiger partial charge in [0.15, 0.2) is 0 Å². The fraction of sp³-hybridized carbons (Fsp3) is 0.312. The molecule has 1 aromatic carbocycles. The van der Waals surface area contributed by atoms with Gasteiger partial charge in [-0.3, -0.25) is 4.98 Å². The molecule has 0 aliphatic heterocycles. The van der Waals surface area contributed by atoms with E-state index >= 15 is 0 Å². The monoisotopic (exact) mass is 256 g/mol. The highest BCUT2D eigenvalue weighted by molar-refractivity contribution is 5.25. The van der Waals surface area contributed by atoms with Gasteiger partial charge in [-0.1, -0.05) is 44.2 Å². The van der Waals surface area contributed by atoms with Crippen LogP contribution in [0.2, 0.25) is 0 Å². The number of ether oxygens (including phenoxy) is 1. The number of rotatable bonds is 5. The summed E-state index contributed by atoms with van der Waals surface area (Å²) >= 11 is 0. The van der Waals surface area contributed by atoms with Crippen LogP contribution >= 0.6 is 0 Å². The fourth-order valence-corrected chi connectivity index (χ4v) is 1.78. The van der Waals surface area contributed by atoms with Crippen molar-refractivity contribution < 1.29 is 4.74 Å². The summed E-state index contributed by atoms with van der Waals surface area (Å²) in [4.78, 5) is 4.31. The maximum Gasteiger partial charge on any atom is 0.123 e. The lowest BCUT2D eigenvalue weighted by Crippen LogP contribution is -2.18. The second-order valence-electron chi connectivity index (χ2n) is 4.96. The predicted octanol–water partition coefficient (Wildman–Crippen LogP) is 3.32. The van der Waals surface area contributed by atoms with Gasteiger partial charge >= 0.3 is 0 Å². The summed E-state index contributed by atoms with van der Waals surface area (Å²) in [5, 5.41) is 0. The second-order valence-corrected chi connectivity index (χ2v) is 4.96. The minimum absolute atomic E-state index is 0.0553. The molecule has 1 atom stereocenters. The zero-order chi connectivity index (χ0) is 13.7. The van der Waals surface area contributed by atoms with Crippen molar-refractivity contribution in [2.75, 3.05) is 0 Å². The summed E-state index contributed by atoms with van der Waals surface area (Å²) in [5.74, 6) is 1.17. The Hall–Kier alpha value is -1.87. The zero-order valence-electron chi connectivity index (χ0n) is 11.4. The van der Waals surface area contributed by atoms with Crippen LogP contribution in [0, 0.1) is 5.92 Å². The van der Waals surface area contributed by atoms with Crippen LogP contribution in [0.1, 0.15) is 31.1 Å². The molecule has 1 aromatic heterocycles. The first kappa shape index (κ1) is 13.6. The Bertz CT molecular complexity index is 511. The van der Waals surface area contributed by atoms with Crippen LogP contribution < -0.4 is 10.5 Å². The first-order chi connectivity index (χ1) is 9.16. The molecular weight excluding hydrogens is 236 g/mol. The van der Waals surface area contributed by atoms with Gasteiger partial charge in [-0.25, -0.2) is 0 Å². The van der Waals surface area contributed by atoms with Crippen LogP contribution in [0.4, 0.5) is 0 Å². The van der Waals surface area contributed by atoms with Gasteiger partial charge in [0.2, 0.25) is 0 Å². The molecule has 0 aliphatic rings. The van der Waals surface area contributed by atoms with Gasteiger partial charge in [-0.15, -0.1) is 0 Å². The molecule has 0 spiro atoms. The van der Waals surface area contributed by atoms with Gasteiger partial charge in [0.1, 0.15) is 12.4 Å². The second kappa shape index (κ2) is 6.34. The van der Waals surface area contributed by atoms with Crippen molar-refractivity contribution in [3.8, 4) is 5.75 Å². The summed E-state index contributed by atoms with van der Waals surface area (Å²) in [6.45, 7) is 4.73. The molecule has 0 unspecified atom stereocenters. The summed E-state index contributed by atoms with van der Waals surface area (Å²) in [5.41, 5.74) is 8.12. The summed E-state index contributed by atoms with van der Waals surface area (Å²) in [6.07, 6.45) is 1.75. The Morgan fingerprint density at radius 1 is 1.16 bits per heavy atom. The van der Waals surface area contributed by atoms with Gasteiger partial charge in [0.25, 0.3) is 0 Å². The first-order valence-corrected chi connectivity index (χ1v) is 6.55. The number of nitrogens with two attached hydrogens (primary N) is 1. The van der Waals surface area contributed by atoms with Crippen molar-refractivity contribution in [1.82, 2.24) is 4.98 Å². The smallest absolute Gasteiger partial charge is 0.123 e. The Kier molecular flexibility index (Phi) is 4.53. The first-order valence-electron chi connectivity index (χ1n) is 6.55. The van der Waals surface area contributed by atoms with E-state index in [0.29, 0.717) is 12.5 Å². The van der Waals surface area contributed by atoms with Crippen LogP contribution in [0.3, 0.4) is 0 Å². The van der Waals surface area contributed by atoms with Crippen LogP contribution in [-0.4, -0.2) is 4.98 Å². The minimum Gasteiger partial charge on any atom is -0.489 e. The van der Waals surface area contributed by atoms with Crippen molar-refractivity contribution in [3.63, 3.8) is 0 Å². The van der Waals surface area contributed by atoms with Crippen LogP contribution in [0.5, 0.6) is 5.75 Å². The van der Waals surface area contributed by atoms with E-state index in [9.17, 15) is 0 Å².